The summed E-state index contributed by atoms with van der Waals surface area (Å²) in [6.45, 7) is 2.56. The van der Waals surface area contributed by atoms with Gasteiger partial charge in [0.15, 0.2) is 0 Å². The van der Waals surface area contributed by atoms with Crippen LogP contribution in [0, 0.1) is 11.9 Å². The van der Waals surface area contributed by atoms with E-state index in [2.05, 4.69) is 24.0 Å². The second kappa shape index (κ2) is 6.10. The predicted octanol–water partition coefficient (Wildman–Crippen LogP) is 1.63. The molecule has 0 saturated carbocycles. The minimum absolute atomic E-state index is 0.0930. The Bertz CT molecular complexity index is 442. The zero-order chi connectivity index (χ0) is 13.8. The van der Waals surface area contributed by atoms with Crippen molar-refractivity contribution in [2.24, 2.45) is 5.92 Å². The first-order valence-corrected chi connectivity index (χ1v) is 6.62. The van der Waals surface area contributed by atoms with E-state index in [-0.39, 0.29) is 5.91 Å². The number of rotatable bonds is 3. The fraction of sp³-hybridized carbons (Fsp3) is 0.571. The van der Waals surface area contributed by atoms with E-state index in [0.29, 0.717) is 11.5 Å². The van der Waals surface area contributed by atoms with Crippen molar-refractivity contribution in [1.82, 2.24) is 14.8 Å². The summed E-state index contributed by atoms with van der Waals surface area (Å²) >= 11 is 0. The van der Waals surface area contributed by atoms with Crippen LogP contribution in [0.1, 0.15) is 23.2 Å². The van der Waals surface area contributed by atoms with Crippen LogP contribution in [0.5, 0.6) is 0 Å². The van der Waals surface area contributed by atoms with Crippen molar-refractivity contribution >= 4 is 5.91 Å². The van der Waals surface area contributed by atoms with Gasteiger partial charge in [-0.25, -0.2) is 4.98 Å². The maximum atomic E-state index is 13.0. The Morgan fingerprint density at radius 3 is 2.74 bits per heavy atom. The molecule has 2 rings (SSSR count). The lowest BCUT2D eigenvalue weighted by atomic mass is 9.96. The largest absolute Gasteiger partial charge is 0.339 e. The average molecular weight is 265 g/mol. The molecule has 0 aliphatic carbocycles. The Morgan fingerprint density at radius 1 is 1.47 bits per heavy atom. The average Bonchev–Trinajstić information content (AvgIpc) is 2.38. The second-order valence-corrected chi connectivity index (χ2v) is 5.37. The molecular weight excluding hydrogens is 245 g/mol. The summed E-state index contributed by atoms with van der Waals surface area (Å²) < 4.78 is 13.0. The highest BCUT2D eigenvalue weighted by molar-refractivity contribution is 5.94. The molecule has 0 aromatic carbocycles. The third-order valence-corrected chi connectivity index (χ3v) is 3.50. The number of amides is 1. The van der Waals surface area contributed by atoms with E-state index < -0.39 is 5.95 Å². The molecule has 5 heteroatoms. The number of nitrogens with zero attached hydrogens (tertiary/aromatic N) is 3. The maximum Gasteiger partial charge on any atom is 0.254 e. The number of aromatic nitrogens is 1. The van der Waals surface area contributed by atoms with Crippen LogP contribution < -0.4 is 0 Å². The molecule has 4 nitrogen and oxygen atoms in total. The fourth-order valence-electron chi connectivity index (χ4n) is 2.55. The van der Waals surface area contributed by atoms with Crippen LogP contribution in [0.25, 0.3) is 0 Å². The molecule has 0 atom stereocenters. The first-order valence-electron chi connectivity index (χ1n) is 6.62. The lowest BCUT2D eigenvalue weighted by molar-refractivity contribution is 0.0677. The molecule has 1 saturated heterocycles. The Kier molecular flexibility index (Phi) is 4.47. The van der Waals surface area contributed by atoms with Crippen LogP contribution in [0.4, 0.5) is 4.39 Å². The topological polar surface area (TPSA) is 36.4 Å². The fourth-order valence-corrected chi connectivity index (χ4v) is 2.55. The van der Waals surface area contributed by atoms with Crippen LogP contribution in [0.3, 0.4) is 0 Å². The Balaban J connectivity index is 1.92. The number of halogens is 1. The Hall–Kier alpha value is -1.49. The van der Waals surface area contributed by atoms with Gasteiger partial charge in [0, 0.05) is 37.5 Å². The zero-order valence-corrected chi connectivity index (χ0v) is 11.5. The number of carbonyl (C=O) groups excluding carboxylic acids is 1. The quantitative estimate of drug-likeness (QED) is 0.779. The molecule has 0 N–H and O–H groups in total. The normalized spacial score (nSPS) is 16.9. The molecule has 0 unspecified atom stereocenters. The molecule has 1 fully saturated rings. The van der Waals surface area contributed by atoms with Crippen LogP contribution in [0.2, 0.25) is 0 Å². The van der Waals surface area contributed by atoms with Gasteiger partial charge in [0.2, 0.25) is 5.95 Å². The molecule has 1 aliphatic heterocycles. The van der Waals surface area contributed by atoms with E-state index in [9.17, 15) is 9.18 Å². The van der Waals surface area contributed by atoms with Crippen molar-refractivity contribution in [2.45, 2.75) is 12.8 Å². The van der Waals surface area contributed by atoms with Crippen molar-refractivity contribution in [3.63, 3.8) is 0 Å². The van der Waals surface area contributed by atoms with Gasteiger partial charge in [0.1, 0.15) is 0 Å². The van der Waals surface area contributed by atoms with Gasteiger partial charge in [-0.3, -0.25) is 4.79 Å². The summed E-state index contributed by atoms with van der Waals surface area (Å²) in [7, 11) is 4.13. The summed E-state index contributed by atoms with van der Waals surface area (Å²) in [4.78, 5) is 19.7. The first-order chi connectivity index (χ1) is 9.06. The molecule has 1 aromatic rings. The summed E-state index contributed by atoms with van der Waals surface area (Å²) in [5.74, 6) is -0.0498. The van der Waals surface area contributed by atoms with Crippen molar-refractivity contribution < 1.29 is 9.18 Å². The zero-order valence-electron chi connectivity index (χ0n) is 11.5. The molecule has 0 spiro atoms. The van der Waals surface area contributed by atoms with Gasteiger partial charge in [-0.05, 0) is 38.9 Å². The molecule has 19 heavy (non-hydrogen) atoms. The molecule has 1 amide bonds. The van der Waals surface area contributed by atoms with Gasteiger partial charge in [0.05, 0.1) is 0 Å². The number of hydrogen-bond donors (Lipinski definition) is 0. The molecule has 1 aromatic heterocycles. The standard InChI is InChI=1S/C14H20FN3O/c1-17(2)10-11-4-7-18(8-5-11)14(19)12-3-6-16-13(15)9-12/h3,6,9,11H,4-5,7-8,10H2,1-2H3. The van der Waals surface area contributed by atoms with Crippen LogP contribution in [-0.2, 0) is 0 Å². The Labute approximate surface area is 113 Å². The lowest BCUT2D eigenvalue weighted by Crippen LogP contribution is -2.40. The van der Waals surface area contributed by atoms with Crippen LogP contribution in [0.15, 0.2) is 18.3 Å². The summed E-state index contributed by atoms with van der Waals surface area (Å²) in [6.07, 6.45) is 3.36. The summed E-state index contributed by atoms with van der Waals surface area (Å²) in [5.41, 5.74) is 0.388. The van der Waals surface area contributed by atoms with Crippen molar-refractivity contribution in [2.75, 3.05) is 33.7 Å². The van der Waals surface area contributed by atoms with E-state index >= 15 is 0 Å². The Morgan fingerprint density at radius 2 is 2.16 bits per heavy atom. The van der Waals surface area contributed by atoms with E-state index in [1.54, 1.807) is 11.0 Å². The number of hydrogen-bond acceptors (Lipinski definition) is 3. The second-order valence-electron chi connectivity index (χ2n) is 5.37. The summed E-state index contributed by atoms with van der Waals surface area (Å²) in [5, 5.41) is 0. The third-order valence-electron chi connectivity index (χ3n) is 3.50. The van der Waals surface area contributed by atoms with Crippen molar-refractivity contribution in [3.8, 4) is 0 Å². The number of carbonyl (C=O) groups is 1. The highest BCUT2D eigenvalue weighted by Crippen LogP contribution is 2.19. The van der Waals surface area contributed by atoms with E-state index in [0.717, 1.165) is 32.5 Å². The molecule has 0 radical (unpaired) electrons. The molecule has 0 bridgehead atoms. The third kappa shape index (κ3) is 3.73. The minimum Gasteiger partial charge on any atom is -0.339 e. The van der Waals surface area contributed by atoms with Gasteiger partial charge in [-0.15, -0.1) is 0 Å². The van der Waals surface area contributed by atoms with Crippen LogP contribution >= 0.6 is 0 Å². The van der Waals surface area contributed by atoms with Crippen LogP contribution in [-0.4, -0.2) is 54.4 Å². The van der Waals surface area contributed by atoms with Gasteiger partial charge in [-0.2, -0.15) is 4.39 Å². The van der Waals surface area contributed by atoms with Crippen molar-refractivity contribution in [3.05, 3.63) is 29.8 Å². The number of piperidine rings is 1. The lowest BCUT2D eigenvalue weighted by Gasteiger charge is -2.33. The molecular formula is C14H20FN3O. The van der Waals surface area contributed by atoms with Gasteiger partial charge in [0.25, 0.3) is 5.91 Å². The maximum absolute atomic E-state index is 13.0. The first kappa shape index (κ1) is 13.9. The summed E-state index contributed by atoms with van der Waals surface area (Å²) in [6, 6.07) is 2.77. The highest BCUT2D eigenvalue weighted by Gasteiger charge is 2.24. The predicted molar refractivity (Wildman–Crippen MR) is 71.4 cm³/mol. The van der Waals surface area contributed by atoms with E-state index in [1.807, 2.05) is 0 Å². The highest BCUT2D eigenvalue weighted by atomic mass is 19.1. The van der Waals surface area contributed by atoms with E-state index in [4.69, 9.17) is 0 Å². The monoisotopic (exact) mass is 265 g/mol. The van der Waals surface area contributed by atoms with Gasteiger partial charge < -0.3 is 9.80 Å². The molecule has 2 heterocycles. The van der Waals surface area contributed by atoms with Gasteiger partial charge in [-0.1, -0.05) is 0 Å². The number of likely N-dealkylation sites (tertiary alicyclic amines) is 1. The van der Waals surface area contributed by atoms with Crippen molar-refractivity contribution in [1.29, 1.82) is 0 Å². The SMILES string of the molecule is CN(C)CC1CCN(C(=O)c2ccnc(F)c2)CC1. The smallest absolute Gasteiger partial charge is 0.254 e. The molecule has 104 valence electrons. The van der Waals surface area contributed by atoms with E-state index in [1.165, 1.54) is 12.3 Å². The minimum atomic E-state index is -0.603. The molecule has 1 aliphatic rings. The van der Waals surface area contributed by atoms with Gasteiger partial charge >= 0.3 is 0 Å². The number of pyridine rings is 1.